The second kappa shape index (κ2) is 18.8. The van der Waals surface area contributed by atoms with Crippen LogP contribution in [-0.2, 0) is 19.1 Å². The van der Waals surface area contributed by atoms with Crippen LogP contribution in [0.3, 0.4) is 0 Å². The lowest BCUT2D eigenvalue weighted by Gasteiger charge is -2.31. The van der Waals surface area contributed by atoms with Gasteiger partial charge in [0.1, 0.15) is 0 Å². The standard InChI is InChI=1S/C16H28N4O2.C10H18N2O4.C5H8N4O/c1-13(2,21-7)9-15(5,11-17)19-20-16(6,12-18)10-14(3,4)22-8;1-6(2)10(5,8(15)16)12-11-9(3,4)7(13)14;1-5(2,3-6)9-8-4(7)10/h9-10H2,1-8H3;6H,1-5H3,(H,13,14)(H,15,16);1-2H3,(H2,7,10)/b20-19+;12-11+;9-8+. The average Bonchev–Trinajstić information content (AvgIpc) is 2.98. The molecule has 0 saturated carbocycles. The molecule has 4 N–H and O–H groups in total. The number of methoxy groups -OCH3 is 2. The summed E-state index contributed by atoms with van der Waals surface area (Å²) in [6, 6.07) is 5.27. The number of aliphatic carboxylic acids is 2. The normalized spacial score (nSPS) is 16.2. The number of ether oxygens (including phenoxy) is 2. The van der Waals surface area contributed by atoms with E-state index in [1.165, 1.54) is 34.6 Å². The summed E-state index contributed by atoms with van der Waals surface area (Å²) in [6.45, 7) is 21.5. The molecule has 17 nitrogen and oxygen atoms in total. The minimum Gasteiger partial charge on any atom is -0.479 e. The zero-order valence-electron chi connectivity index (χ0n) is 31.0. The molecular formula is C31H54N10O7. The topological polar surface area (TPSA) is 282 Å². The fourth-order valence-corrected chi connectivity index (χ4v) is 3.09. The van der Waals surface area contributed by atoms with E-state index in [2.05, 4.69) is 48.6 Å². The van der Waals surface area contributed by atoms with Crippen molar-refractivity contribution >= 4 is 18.0 Å². The minimum atomic E-state index is -1.41. The van der Waals surface area contributed by atoms with E-state index in [0.29, 0.717) is 12.8 Å². The number of nitrogens with two attached hydrogens (primary N) is 1. The van der Waals surface area contributed by atoms with Crippen LogP contribution in [0.15, 0.2) is 30.7 Å². The first-order valence-electron chi connectivity index (χ1n) is 14.8. The molecule has 0 saturated heterocycles. The van der Waals surface area contributed by atoms with E-state index in [-0.39, 0.29) is 5.92 Å². The maximum Gasteiger partial charge on any atom is 0.356 e. The highest BCUT2D eigenvalue weighted by atomic mass is 16.5. The Labute approximate surface area is 284 Å². The number of rotatable bonds is 14. The van der Waals surface area contributed by atoms with Crippen LogP contribution in [0, 0.1) is 39.9 Å². The second-order valence-electron chi connectivity index (χ2n) is 14.1. The zero-order valence-corrected chi connectivity index (χ0v) is 31.0. The molecule has 0 aromatic rings. The average molecular weight is 679 g/mol. The first-order valence-corrected chi connectivity index (χ1v) is 14.8. The Balaban J connectivity index is -0.000000681. The fraction of sp³-hybridized carbons (Fsp3) is 0.806. The molecule has 0 bridgehead atoms. The fourth-order valence-electron chi connectivity index (χ4n) is 3.09. The molecule has 0 aliphatic rings. The number of nitriles is 3. The number of primary amides is 1. The number of carboxylic acids is 2. The van der Waals surface area contributed by atoms with Crippen LogP contribution >= 0.6 is 0 Å². The largest absolute Gasteiger partial charge is 0.479 e. The Bertz CT molecular complexity index is 1280. The molecule has 0 rings (SSSR count). The Morgan fingerprint density at radius 3 is 1.27 bits per heavy atom. The van der Waals surface area contributed by atoms with E-state index >= 15 is 0 Å². The number of hydrogen-bond donors (Lipinski definition) is 3. The maximum atomic E-state index is 11.0. The molecule has 0 spiro atoms. The highest BCUT2D eigenvalue weighted by Gasteiger charge is 2.39. The monoisotopic (exact) mass is 678 g/mol. The third-order valence-corrected chi connectivity index (χ3v) is 6.88. The van der Waals surface area contributed by atoms with Crippen LogP contribution in [0.2, 0.25) is 0 Å². The number of urea groups is 1. The predicted molar refractivity (Wildman–Crippen MR) is 176 cm³/mol. The van der Waals surface area contributed by atoms with Gasteiger partial charge in [-0.1, -0.05) is 19.0 Å². The third-order valence-electron chi connectivity index (χ3n) is 6.88. The Morgan fingerprint density at radius 2 is 1.04 bits per heavy atom. The van der Waals surface area contributed by atoms with Gasteiger partial charge in [-0.3, -0.25) is 0 Å². The molecule has 270 valence electrons. The predicted octanol–water partition coefficient (Wildman–Crippen LogP) is 6.25. The molecule has 17 heteroatoms. The van der Waals surface area contributed by atoms with Gasteiger partial charge < -0.3 is 25.4 Å². The maximum absolute atomic E-state index is 11.0. The van der Waals surface area contributed by atoms with E-state index < -0.39 is 56.9 Å². The van der Waals surface area contributed by atoms with Crippen molar-refractivity contribution in [2.45, 2.75) is 142 Å². The molecular weight excluding hydrogens is 624 g/mol. The summed E-state index contributed by atoms with van der Waals surface area (Å²) in [5.74, 6) is -2.54. The number of azo groups is 3. The van der Waals surface area contributed by atoms with Crippen LogP contribution in [0.25, 0.3) is 0 Å². The minimum absolute atomic E-state index is 0.279. The molecule has 0 aliphatic heterocycles. The van der Waals surface area contributed by atoms with Crippen molar-refractivity contribution in [1.82, 2.24) is 0 Å². The smallest absolute Gasteiger partial charge is 0.356 e. The van der Waals surface area contributed by atoms with E-state index in [4.69, 9.17) is 24.9 Å². The quantitative estimate of drug-likeness (QED) is 0.173. The van der Waals surface area contributed by atoms with Gasteiger partial charge in [0.15, 0.2) is 27.7 Å². The zero-order chi connectivity index (χ0) is 39.0. The van der Waals surface area contributed by atoms with E-state index in [0.717, 1.165) is 0 Å². The number of hydrogen-bond acceptors (Lipinski definition) is 13. The molecule has 48 heavy (non-hydrogen) atoms. The Morgan fingerprint density at radius 1 is 0.667 bits per heavy atom. The molecule has 0 aromatic carbocycles. The summed E-state index contributed by atoms with van der Waals surface area (Å²) < 4.78 is 10.7. The molecule has 0 aliphatic carbocycles. The van der Waals surface area contributed by atoms with Gasteiger partial charge in [-0.05, 0) is 82.1 Å². The van der Waals surface area contributed by atoms with Crippen LogP contribution < -0.4 is 5.73 Å². The molecule has 0 fully saturated rings. The van der Waals surface area contributed by atoms with Crippen molar-refractivity contribution in [3.63, 3.8) is 0 Å². The number of carbonyl (C=O) groups excluding carboxylic acids is 1. The van der Waals surface area contributed by atoms with Crippen molar-refractivity contribution in [2.24, 2.45) is 42.3 Å². The highest BCUT2D eigenvalue weighted by Crippen LogP contribution is 2.31. The number of nitrogens with zero attached hydrogens (tertiary/aromatic N) is 9. The lowest BCUT2D eigenvalue weighted by atomic mass is 9.88. The summed E-state index contributed by atoms with van der Waals surface area (Å²) in [7, 11) is 3.19. The van der Waals surface area contributed by atoms with Crippen molar-refractivity contribution < 1.29 is 34.1 Å². The van der Waals surface area contributed by atoms with Crippen molar-refractivity contribution in [2.75, 3.05) is 14.2 Å². The summed E-state index contributed by atoms with van der Waals surface area (Å²) in [6.07, 6.45) is 0.761. The van der Waals surface area contributed by atoms with Crippen molar-refractivity contribution in [3.05, 3.63) is 0 Å². The van der Waals surface area contributed by atoms with Gasteiger partial charge in [-0.2, -0.15) is 41.4 Å². The highest BCUT2D eigenvalue weighted by molar-refractivity contribution is 5.79. The number of amides is 2. The molecule has 3 atom stereocenters. The first-order chi connectivity index (χ1) is 21.4. The second-order valence-corrected chi connectivity index (χ2v) is 14.1. The molecule has 0 radical (unpaired) electrons. The number of carboxylic acid groups (broad SMARTS) is 2. The van der Waals surface area contributed by atoms with Crippen molar-refractivity contribution in [1.29, 1.82) is 15.8 Å². The molecule has 2 amide bonds. The first kappa shape index (κ1) is 48.0. The van der Waals surface area contributed by atoms with Gasteiger partial charge in [0.05, 0.1) is 29.4 Å². The van der Waals surface area contributed by atoms with Gasteiger partial charge in [0, 0.05) is 27.1 Å². The van der Waals surface area contributed by atoms with Gasteiger partial charge in [-0.15, -0.1) is 0 Å². The summed E-state index contributed by atoms with van der Waals surface area (Å²) in [5.41, 5.74) is -2.22. The van der Waals surface area contributed by atoms with Gasteiger partial charge >= 0.3 is 18.0 Å². The van der Waals surface area contributed by atoms with E-state index in [9.17, 15) is 24.9 Å². The third kappa shape index (κ3) is 18.7. The van der Waals surface area contributed by atoms with Crippen LogP contribution in [0.1, 0.15) is 103 Å². The number of carbonyl (C=O) groups is 3. The Kier molecular flexibility index (Phi) is 18.8. The summed E-state index contributed by atoms with van der Waals surface area (Å²) in [4.78, 5) is 31.8. The van der Waals surface area contributed by atoms with Crippen LogP contribution in [-0.4, -0.2) is 81.3 Å². The lowest BCUT2D eigenvalue weighted by Crippen LogP contribution is -2.39. The van der Waals surface area contributed by atoms with E-state index in [1.54, 1.807) is 41.9 Å². The van der Waals surface area contributed by atoms with E-state index in [1.807, 2.05) is 33.8 Å². The molecule has 0 aromatic heterocycles. The van der Waals surface area contributed by atoms with Crippen molar-refractivity contribution in [3.8, 4) is 18.2 Å². The van der Waals surface area contributed by atoms with Gasteiger partial charge in [0.2, 0.25) is 0 Å². The van der Waals surface area contributed by atoms with Crippen LogP contribution in [0.5, 0.6) is 0 Å². The summed E-state index contributed by atoms with van der Waals surface area (Å²) >= 11 is 0. The Hall–Kier alpha value is -4.40. The lowest BCUT2D eigenvalue weighted by molar-refractivity contribution is -0.146. The van der Waals surface area contributed by atoms with Gasteiger partial charge in [-0.25, -0.2) is 14.4 Å². The molecule has 3 unspecified atom stereocenters. The van der Waals surface area contributed by atoms with Gasteiger partial charge in [0.25, 0.3) is 0 Å². The summed E-state index contributed by atoms with van der Waals surface area (Å²) in [5, 5.41) is 67.1. The van der Waals surface area contributed by atoms with Crippen LogP contribution in [0.4, 0.5) is 4.79 Å². The molecule has 0 heterocycles. The SMILES string of the molecule is CC(C)(C#N)/N=N/C(N)=O.CC(C)C(C)(/N=N/C(C)(C)C(=O)O)C(=O)O.COC(C)(C)CC(C)(C#N)/N=N/C(C)(C#N)CC(C)(C)OC.